The van der Waals surface area contributed by atoms with Crippen LogP contribution in [0.3, 0.4) is 0 Å². The molecule has 0 aromatic heterocycles. The van der Waals surface area contributed by atoms with Crippen molar-refractivity contribution in [3.05, 3.63) is 53.6 Å². The summed E-state index contributed by atoms with van der Waals surface area (Å²) in [5, 5.41) is 20.3. The number of ether oxygens (including phenoxy) is 2. The summed E-state index contributed by atoms with van der Waals surface area (Å²) in [6, 6.07) is 10.9. The van der Waals surface area contributed by atoms with E-state index in [2.05, 4.69) is 19.2 Å². The summed E-state index contributed by atoms with van der Waals surface area (Å²) < 4.78 is 11.4. The first-order valence-corrected chi connectivity index (χ1v) is 9.64. The van der Waals surface area contributed by atoms with E-state index < -0.39 is 12.0 Å². The molecular weight excluding hydrogens is 370 g/mol. The van der Waals surface area contributed by atoms with Crippen LogP contribution < -0.4 is 20.5 Å². The second kappa shape index (κ2) is 10.4. The maximum Gasteiger partial charge on any atom is 0.330 e. The van der Waals surface area contributed by atoms with Crippen LogP contribution in [-0.4, -0.2) is 30.1 Å². The number of hydrogen-bond donors (Lipinski definition) is 4. The molecule has 2 aromatic carbocycles. The fourth-order valence-electron chi connectivity index (χ4n) is 2.71. The normalized spacial score (nSPS) is 11.7. The van der Waals surface area contributed by atoms with Crippen LogP contribution in [-0.2, 0) is 4.79 Å². The molecule has 0 aliphatic heterocycles. The smallest absolute Gasteiger partial charge is 0.330 e. The van der Waals surface area contributed by atoms with Crippen molar-refractivity contribution in [2.45, 2.75) is 33.2 Å². The Hall–Kier alpha value is -3.22. The first-order valence-electron chi connectivity index (χ1n) is 9.64. The molecule has 1 atom stereocenters. The summed E-state index contributed by atoms with van der Waals surface area (Å²) >= 11 is 0. The number of nitrogens with two attached hydrogens (primary N) is 1. The summed E-state index contributed by atoms with van der Waals surface area (Å²) in [4.78, 5) is 12.0. The molecule has 156 valence electrons. The van der Waals surface area contributed by atoms with Crippen LogP contribution in [0.4, 0.5) is 5.69 Å². The molecule has 0 bridgehead atoms. The summed E-state index contributed by atoms with van der Waals surface area (Å²) in [5.41, 5.74) is 7.17. The van der Waals surface area contributed by atoms with Crippen LogP contribution in [0.25, 0.3) is 0 Å². The van der Waals surface area contributed by atoms with Crippen molar-refractivity contribution >= 4 is 17.5 Å². The van der Waals surface area contributed by atoms with Crippen molar-refractivity contribution in [3.8, 4) is 11.5 Å². The zero-order valence-electron chi connectivity index (χ0n) is 17.1. The minimum absolute atomic E-state index is 0.0426. The van der Waals surface area contributed by atoms with E-state index in [0.29, 0.717) is 47.4 Å². The Labute approximate surface area is 171 Å². The summed E-state index contributed by atoms with van der Waals surface area (Å²) in [5.74, 6) is 0.577. The third-order valence-corrected chi connectivity index (χ3v) is 4.26. The molecule has 0 radical (unpaired) electrons. The topological polar surface area (TPSA) is 118 Å². The third kappa shape index (κ3) is 6.71. The maximum absolute atomic E-state index is 12.0. The molecular formula is C22H29N3O4. The quantitative estimate of drug-likeness (QED) is 0.335. The summed E-state index contributed by atoms with van der Waals surface area (Å²) in [7, 11) is 0. The number of rotatable bonds is 11. The van der Waals surface area contributed by atoms with E-state index in [1.54, 1.807) is 42.5 Å². The van der Waals surface area contributed by atoms with Gasteiger partial charge in [-0.2, -0.15) is 0 Å². The molecule has 0 heterocycles. The number of carboxylic acid groups (broad SMARTS) is 1. The van der Waals surface area contributed by atoms with E-state index >= 15 is 0 Å². The second-order valence-corrected chi connectivity index (χ2v) is 7.11. The number of carboxylic acids is 1. The Morgan fingerprint density at radius 2 is 1.76 bits per heavy atom. The number of hydrogen-bond acceptors (Lipinski definition) is 5. The van der Waals surface area contributed by atoms with Crippen molar-refractivity contribution in [3.63, 3.8) is 0 Å². The van der Waals surface area contributed by atoms with Gasteiger partial charge in [0.05, 0.1) is 13.2 Å². The lowest BCUT2D eigenvalue weighted by Gasteiger charge is -2.19. The van der Waals surface area contributed by atoms with Gasteiger partial charge in [-0.3, -0.25) is 5.41 Å². The number of carbonyl (C=O) groups is 1. The maximum atomic E-state index is 12.0. The Balaban J connectivity index is 2.28. The Morgan fingerprint density at radius 3 is 2.28 bits per heavy atom. The molecule has 2 aromatic rings. The van der Waals surface area contributed by atoms with Gasteiger partial charge in [0.15, 0.2) is 6.04 Å². The second-order valence-electron chi connectivity index (χ2n) is 7.11. The molecule has 0 saturated carbocycles. The van der Waals surface area contributed by atoms with Crippen LogP contribution in [0.5, 0.6) is 11.5 Å². The zero-order valence-corrected chi connectivity index (χ0v) is 17.1. The Morgan fingerprint density at radius 1 is 1.14 bits per heavy atom. The Bertz CT molecular complexity index is 834. The van der Waals surface area contributed by atoms with Gasteiger partial charge in [-0.1, -0.05) is 13.8 Å². The minimum atomic E-state index is -1.03. The average Bonchev–Trinajstić information content (AvgIpc) is 2.66. The van der Waals surface area contributed by atoms with Gasteiger partial charge in [-0.15, -0.1) is 0 Å². The highest BCUT2D eigenvalue weighted by molar-refractivity contribution is 5.95. The van der Waals surface area contributed by atoms with E-state index in [1.807, 2.05) is 6.92 Å². The molecule has 5 N–H and O–H groups in total. The van der Waals surface area contributed by atoms with Gasteiger partial charge in [-0.25, -0.2) is 4.79 Å². The van der Waals surface area contributed by atoms with Gasteiger partial charge >= 0.3 is 5.97 Å². The standard InChI is InChI=1S/C22H29N3O4/c1-4-28-18-11-16(12-19(13-18)29-10-9-14(2)3)20(22(26)27)25-17-7-5-15(6-8-17)21(23)24/h5-8,11-14,20,25H,4,9-10H2,1-3H3,(H3,23,24)(H,26,27)/t20-/m1/s1. The Kier molecular flexibility index (Phi) is 7.88. The molecule has 0 amide bonds. The molecule has 0 saturated heterocycles. The van der Waals surface area contributed by atoms with Gasteiger partial charge in [0, 0.05) is 17.3 Å². The highest BCUT2D eigenvalue weighted by Gasteiger charge is 2.22. The first kappa shape index (κ1) is 22.1. The monoisotopic (exact) mass is 399 g/mol. The van der Waals surface area contributed by atoms with Crippen LogP contribution >= 0.6 is 0 Å². The van der Waals surface area contributed by atoms with Gasteiger partial charge in [0.25, 0.3) is 0 Å². The van der Waals surface area contributed by atoms with Crippen molar-refractivity contribution in [2.75, 3.05) is 18.5 Å². The van der Waals surface area contributed by atoms with Crippen LogP contribution in [0.15, 0.2) is 42.5 Å². The van der Waals surface area contributed by atoms with Crippen molar-refractivity contribution in [2.24, 2.45) is 11.7 Å². The van der Waals surface area contributed by atoms with Crippen molar-refractivity contribution in [1.82, 2.24) is 0 Å². The molecule has 0 aliphatic rings. The zero-order chi connectivity index (χ0) is 21.4. The van der Waals surface area contributed by atoms with E-state index in [9.17, 15) is 9.90 Å². The van der Waals surface area contributed by atoms with Gasteiger partial charge < -0.3 is 25.6 Å². The third-order valence-electron chi connectivity index (χ3n) is 4.26. The number of nitrogen functional groups attached to an aromatic ring is 1. The van der Waals surface area contributed by atoms with Gasteiger partial charge in [0.2, 0.25) is 0 Å². The summed E-state index contributed by atoms with van der Waals surface area (Å²) in [6.07, 6.45) is 0.900. The molecule has 0 unspecified atom stereocenters. The average molecular weight is 399 g/mol. The fraction of sp³-hybridized carbons (Fsp3) is 0.364. The fourth-order valence-corrected chi connectivity index (χ4v) is 2.71. The predicted octanol–water partition coefficient (Wildman–Crippen LogP) is 4.03. The summed E-state index contributed by atoms with van der Waals surface area (Å²) in [6.45, 7) is 7.12. The van der Waals surface area contributed by atoms with E-state index in [0.717, 1.165) is 6.42 Å². The molecule has 0 aliphatic carbocycles. The number of anilines is 1. The van der Waals surface area contributed by atoms with Crippen molar-refractivity contribution in [1.29, 1.82) is 5.41 Å². The molecule has 0 spiro atoms. The van der Waals surface area contributed by atoms with Crippen molar-refractivity contribution < 1.29 is 19.4 Å². The number of amidine groups is 1. The highest BCUT2D eigenvalue weighted by Crippen LogP contribution is 2.29. The van der Waals surface area contributed by atoms with E-state index in [-0.39, 0.29) is 5.84 Å². The lowest BCUT2D eigenvalue weighted by Crippen LogP contribution is -2.21. The van der Waals surface area contributed by atoms with Gasteiger partial charge in [0.1, 0.15) is 17.3 Å². The first-order chi connectivity index (χ1) is 13.8. The molecule has 7 heteroatoms. The molecule has 29 heavy (non-hydrogen) atoms. The number of nitrogens with one attached hydrogen (secondary N) is 2. The molecule has 2 rings (SSSR count). The van der Waals surface area contributed by atoms with Crippen LogP contribution in [0.1, 0.15) is 44.4 Å². The highest BCUT2D eigenvalue weighted by atomic mass is 16.5. The number of benzene rings is 2. The predicted molar refractivity (Wildman–Crippen MR) is 114 cm³/mol. The SMILES string of the molecule is CCOc1cc(OCCC(C)C)cc([C@@H](Nc2ccc(C(=N)N)cc2)C(=O)O)c1. The number of aliphatic carboxylic acids is 1. The van der Waals surface area contributed by atoms with E-state index in [1.165, 1.54) is 0 Å². The minimum Gasteiger partial charge on any atom is -0.494 e. The largest absolute Gasteiger partial charge is 0.494 e. The van der Waals surface area contributed by atoms with Crippen LogP contribution in [0.2, 0.25) is 0 Å². The molecule has 0 fully saturated rings. The van der Waals surface area contributed by atoms with Gasteiger partial charge in [-0.05, 0) is 61.2 Å². The lowest BCUT2D eigenvalue weighted by molar-refractivity contribution is -0.138. The van der Waals surface area contributed by atoms with Crippen LogP contribution in [0, 0.1) is 11.3 Å². The molecule has 7 nitrogen and oxygen atoms in total. The lowest BCUT2D eigenvalue weighted by atomic mass is 10.0. The van der Waals surface area contributed by atoms with E-state index in [4.69, 9.17) is 20.6 Å².